The molecule has 0 amide bonds. The second-order valence-electron chi connectivity index (χ2n) is 5.34. The summed E-state index contributed by atoms with van der Waals surface area (Å²) in [6.07, 6.45) is 10.2. The van der Waals surface area contributed by atoms with Gasteiger partial charge in [0.2, 0.25) is 5.88 Å². The van der Waals surface area contributed by atoms with Crippen LogP contribution in [0.2, 0.25) is 0 Å². The summed E-state index contributed by atoms with van der Waals surface area (Å²) in [6.45, 7) is 6.40. The fourth-order valence-corrected chi connectivity index (χ4v) is 1.61. The van der Waals surface area contributed by atoms with Crippen molar-refractivity contribution in [2.24, 2.45) is 11.7 Å². The van der Waals surface area contributed by atoms with Crippen molar-refractivity contribution in [3.8, 4) is 30.6 Å². The van der Waals surface area contributed by atoms with Crippen LogP contribution in [0.1, 0.15) is 38.6 Å². The molecular formula is C19H27ClN4O5. The Morgan fingerprint density at radius 3 is 2.21 bits per heavy atom. The van der Waals surface area contributed by atoms with Gasteiger partial charge in [-0.1, -0.05) is 0 Å². The number of esters is 1. The van der Waals surface area contributed by atoms with Crippen LogP contribution >= 0.6 is 12.4 Å². The minimum absolute atomic E-state index is 0. The highest BCUT2D eigenvalue weighted by molar-refractivity contribution is 5.97. The number of aromatic hydroxyl groups is 1. The molecule has 0 aliphatic rings. The molecule has 0 aromatic carbocycles. The number of rotatable bonds is 5. The van der Waals surface area contributed by atoms with E-state index in [4.69, 9.17) is 24.0 Å². The average molecular weight is 427 g/mol. The van der Waals surface area contributed by atoms with Crippen molar-refractivity contribution in [1.29, 1.82) is 5.41 Å². The highest BCUT2D eigenvalue weighted by Crippen LogP contribution is 2.07. The normalized spacial score (nSPS) is 9.45. The van der Waals surface area contributed by atoms with Gasteiger partial charge in [-0.25, -0.2) is 4.98 Å². The predicted octanol–water partition coefficient (Wildman–Crippen LogP) is 1.10. The number of nitrogens with one attached hydrogen (secondary N) is 2. The number of aromatic amines is 1. The lowest BCUT2D eigenvalue weighted by Gasteiger charge is -2.08. The highest BCUT2D eigenvalue weighted by atomic mass is 35.5. The topological polar surface area (TPSA) is 159 Å². The van der Waals surface area contributed by atoms with Crippen molar-refractivity contribution < 1.29 is 19.4 Å². The van der Waals surface area contributed by atoms with Gasteiger partial charge in [-0.05, 0) is 27.7 Å². The third-order valence-electron chi connectivity index (χ3n) is 2.77. The van der Waals surface area contributed by atoms with E-state index in [0.717, 1.165) is 0 Å². The van der Waals surface area contributed by atoms with Gasteiger partial charge in [-0.3, -0.25) is 19.8 Å². The molecule has 1 unspecified atom stereocenters. The zero-order valence-corrected chi connectivity index (χ0v) is 17.7. The molecule has 5 N–H and O–H groups in total. The van der Waals surface area contributed by atoms with Gasteiger partial charge in [-0.2, -0.15) is 0 Å². The van der Waals surface area contributed by atoms with Crippen molar-refractivity contribution in [2.75, 3.05) is 6.61 Å². The first-order chi connectivity index (χ1) is 13.0. The van der Waals surface area contributed by atoms with Crippen LogP contribution in [-0.4, -0.2) is 39.3 Å². The summed E-state index contributed by atoms with van der Waals surface area (Å²) in [5.41, 5.74) is 4.46. The molecule has 1 aromatic rings. The molecule has 0 saturated heterocycles. The van der Waals surface area contributed by atoms with Gasteiger partial charge < -0.3 is 20.6 Å². The lowest BCUT2D eigenvalue weighted by atomic mass is 10.0. The quantitative estimate of drug-likeness (QED) is 0.180. The Morgan fingerprint density at radius 2 is 1.86 bits per heavy atom. The molecule has 1 aromatic heterocycles. The van der Waals surface area contributed by atoms with E-state index in [1.165, 1.54) is 13.8 Å². The summed E-state index contributed by atoms with van der Waals surface area (Å²) >= 11 is 0. The first kappa shape index (κ1) is 30.4. The van der Waals surface area contributed by atoms with Crippen molar-refractivity contribution in [1.82, 2.24) is 9.97 Å². The molecular weight excluding hydrogens is 400 g/mol. The van der Waals surface area contributed by atoms with Gasteiger partial charge in [0.15, 0.2) is 0 Å². The number of aromatic nitrogens is 2. The molecule has 9 nitrogen and oxygen atoms in total. The molecule has 0 radical (unpaired) electrons. The van der Waals surface area contributed by atoms with Gasteiger partial charge >= 0.3 is 5.97 Å². The van der Waals surface area contributed by atoms with E-state index in [9.17, 15) is 19.5 Å². The lowest BCUT2D eigenvalue weighted by Crippen LogP contribution is -2.23. The van der Waals surface area contributed by atoms with Gasteiger partial charge in [0.1, 0.15) is 17.5 Å². The SMILES string of the molecule is C#CCC(C(C)=O)C(=O)OCC.C#CCc1c(O)nc(C)[nH]c1=O.CC(=N)N.Cl. The number of amidine groups is 1. The molecule has 0 fully saturated rings. The predicted molar refractivity (Wildman–Crippen MR) is 113 cm³/mol. The molecule has 29 heavy (non-hydrogen) atoms. The van der Waals surface area contributed by atoms with Crippen LogP contribution in [0.4, 0.5) is 0 Å². The maximum Gasteiger partial charge on any atom is 0.317 e. The number of terminal acetylenes is 2. The molecule has 0 bridgehead atoms. The van der Waals surface area contributed by atoms with Crippen molar-refractivity contribution in [3.05, 3.63) is 21.7 Å². The monoisotopic (exact) mass is 426 g/mol. The van der Waals surface area contributed by atoms with E-state index < -0.39 is 11.9 Å². The minimum atomic E-state index is -0.782. The molecule has 1 rings (SSSR count). The number of aryl methyl sites for hydroxylation is 1. The maximum absolute atomic E-state index is 11.1. The molecule has 1 atom stereocenters. The van der Waals surface area contributed by atoms with E-state index in [1.807, 2.05) is 0 Å². The number of hydrogen-bond donors (Lipinski definition) is 4. The third kappa shape index (κ3) is 14.4. The summed E-state index contributed by atoms with van der Waals surface area (Å²) in [6, 6.07) is 0. The zero-order valence-electron chi connectivity index (χ0n) is 16.9. The molecule has 0 aliphatic carbocycles. The third-order valence-corrected chi connectivity index (χ3v) is 2.77. The smallest absolute Gasteiger partial charge is 0.317 e. The van der Waals surface area contributed by atoms with E-state index in [1.54, 1.807) is 13.8 Å². The molecule has 0 spiro atoms. The molecule has 10 heteroatoms. The Bertz CT molecular complexity index is 817. The van der Waals surface area contributed by atoms with Crippen LogP contribution in [0.3, 0.4) is 0 Å². The van der Waals surface area contributed by atoms with E-state index in [-0.39, 0.29) is 60.5 Å². The number of H-pyrrole nitrogens is 1. The summed E-state index contributed by atoms with van der Waals surface area (Å²) in [7, 11) is 0. The largest absolute Gasteiger partial charge is 0.493 e. The van der Waals surface area contributed by atoms with E-state index in [0.29, 0.717) is 5.82 Å². The van der Waals surface area contributed by atoms with Crippen LogP contribution in [0.5, 0.6) is 5.88 Å². The Labute approximate surface area is 176 Å². The molecule has 1 heterocycles. The van der Waals surface area contributed by atoms with Gasteiger partial charge in [0.05, 0.1) is 18.0 Å². The molecule has 160 valence electrons. The number of nitrogens with two attached hydrogens (primary N) is 1. The fraction of sp³-hybridized carbons (Fsp3) is 0.421. The zero-order chi connectivity index (χ0) is 22.3. The lowest BCUT2D eigenvalue weighted by molar-refractivity contribution is -0.150. The van der Waals surface area contributed by atoms with Crippen LogP contribution in [0.15, 0.2) is 4.79 Å². The Morgan fingerprint density at radius 1 is 1.34 bits per heavy atom. The van der Waals surface area contributed by atoms with Crippen LogP contribution in [-0.2, 0) is 20.7 Å². The molecule has 0 saturated carbocycles. The Kier molecular flexibility index (Phi) is 17.7. The first-order valence-corrected chi connectivity index (χ1v) is 8.15. The number of halogens is 1. The highest BCUT2D eigenvalue weighted by Gasteiger charge is 2.23. The first-order valence-electron chi connectivity index (χ1n) is 8.15. The van der Waals surface area contributed by atoms with Gasteiger partial charge in [0.25, 0.3) is 5.56 Å². The number of ketones is 1. The Balaban J connectivity index is -0.000000383. The van der Waals surface area contributed by atoms with Crippen LogP contribution in [0, 0.1) is 42.9 Å². The second-order valence-corrected chi connectivity index (χ2v) is 5.34. The van der Waals surface area contributed by atoms with Gasteiger partial charge in [0, 0.05) is 12.8 Å². The number of carbonyl (C=O) groups is 2. The van der Waals surface area contributed by atoms with E-state index >= 15 is 0 Å². The molecule has 0 aliphatic heterocycles. The summed E-state index contributed by atoms with van der Waals surface area (Å²) in [5.74, 6) is 3.24. The van der Waals surface area contributed by atoms with Crippen LogP contribution < -0.4 is 11.3 Å². The van der Waals surface area contributed by atoms with Crippen molar-refractivity contribution in [2.45, 2.75) is 40.5 Å². The minimum Gasteiger partial charge on any atom is -0.493 e. The fourth-order valence-electron chi connectivity index (χ4n) is 1.61. The summed E-state index contributed by atoms with van der Waals surface area (Å²) < 4.78 is 4.66. The Hall–Kier alpha value is -3.30. The van der Waals surface area contributed by atoms with E-state index in [2.05, 4.69) is 26.5 Å². The van der Waals surface area contributed by atoms with Crippen molar-refractivity contribution in [3.63, 3.8) is 0 Å². The maximum atomic E-state index is 11.1. The number of Topliss-reactive ketones (excluding diaryl/α,β-unsaturated/α-hetero) is 1. The number of ether oxygens (including phenoxy) is 1. The van der Waals surface area contributed by atoms with Gasteiger partial charge in [-0.15, -0.1) is 37.1 Å². The van der Waals surface area contributed by atoms with Crippen molar-refractivity contribution >= 4 is 30.0 Å². The van der Waals surface area contributed by atoms with Crippen LogP contribution in [0.25, 0.3) is 0 Å². The average Bonchev–Trinajstić information content (AvgIpc) is 2.56. The summed E-state index contributed by atoms with van der Waals surface area (Å²) in [4.78, 5) is 39.1. The standard InChI is InChI=1S/C9H12O3.C8H8N2O2.C2H6N2.ClH/c1-4-6-8(7(3)10)9(11)12-5-2;1-3-4-6-7(11)9-5(2)10-8(6)12;1-2(3)4;/h1,8H,5-6H2,2-3H3;1H,4H2,2H3,(H2,9,10,11,12);1H3,(H3,3,4);1H. The second kappa shape index (κ2) is 16.8. The summed E-state index contributed by atoms with van der Waals surface area (Å²) in [5, 5.41) is 15.5. The number of hydrogen-bond acceptors (Lipinski definition) is 7. The number of carbonyl (C=O) groups excluding carboxylic acids is 2. The number of nitrogens with zero attached hydrogens (tertiary/aromatic N) is 1.